The Labute approximate surface area is 212 Å². The number of carbonyl (C=O) groups excluding carboxylic acids is 1. The van der Waals surface area contributed by atoms with Crippen molar-refractivity contribution in [3.63, 3.8) is 0 Å². The number of alkyl halides is 3. The molecule has 2 heterocycles. The maximum Gasteiger partial charge on any atom is 0.490 e. The van der Waals surface area contributed by atoms with E-state index < -0.39 is 12.1 Å². The number of halogens is 3. The third-order valence-corrected chi connectivity index (χ3v) is 6.77. The number of para-hydroxylation sites is 1. The number of amides is 1. The van der Waals surface area contributed by atoms with Gasteiger partial charge in [-0.15, -0.1) is 0 Å². The SMILES string of the molecule is COc1cc(C(=O)Nc2ccc3c(c2)CCN(C2CCC2)CC3)nc2ccccc12.O=C(O)C(F)(F)F. The summed E-state index contributed by atoms with van der Waals surface area (Å²) < 4.78 is 37.2. The van der Waals surface area contributed by atoms with Crippen molar-refractivity contribution < 1.29 is 32.6 Å². The normalized spacial score (nSPS) is 16.0. The van der Waals surface area contributed by atoms with E-state index in [1.54, 1.807) is 13.2 Å². The molecule has 196 valence electrons. The van der Waals surface area contributed by atoms with E-state index >= 15 is 0 Å². The summed E-state index contributed by atoms with van der Waals surface area (Å²) in [6.45, 7) is 2.25. The molecule has 1 aromatic heterocycles. The maximum absolute atomic E-state index is 12.9. The lowest BCUT2D eigenvalue weighted by Gasteiger charge is -2.36. The maximum atomic E-state index is 12.9. The number of aliphatic carboxylic acids is 1. The van der Waals surface area contributed by atoms with E-state index in [0.29, 0.717) is 11.4 Å². The van der Waals surface area contributed by atoms with Crippen LogP contribution < -0.4 is 10.1 Å². The number of ether oxygens (including phenoxy) is 1. The first-order valence-electron chi connectivity index (χ1n) is 12.1. The molecular weight excluding hydrogens is 487 g/mol. The summed E-state index contributed by atoms with van der Waals surface area (Å²) in [6, 6.07) is 16.5. The predicted molar refractivity (Wildman–Crippen MR) is 133 cm³/mol. The predicted octanol–water partition coefficient (Wildman–Crippen LogP) is 5.08. The molecule has 2 N–H and O–H groups in total. The van der Waals surface area contributed by atoms with E-state index in [9.17, 15) is 18.0 Å². The Morgan fingerprint density at radius 1 is 1.05 bits per heavy atom. The van der Waals surface area contributed by atoms with Crippen LogP contribution in [0.1, 0.15) is 40.9 Å². The van der Waals surface area contributed by atoms with Gasteiger partial charge in [-0.25, -0.2) is 9.78 Å². The lowest BCUT2D eigenvalue weighted by Crippen LogP contribution is -2.41. The average Bonchev–Trinajstić information content (AvgIpc) is 3.04. The van der Waals surface area contributed by atoms with Crippen LogP contribution in [0.4, 0.5) is 18.9 Å². The number of rotatable bonds is 4. The minimum absolute atomic E-state index is 0.219. The Hall–Kier alpha value is -3.66. The van der Waals surface area contributed by atoms with Gasteiger partial charge in [-0.2, -0.15) is 13.2 Å². The highest BCUT2D eigenvalue weighted by Gasteiger charge is 2.38. The fourth-order valence-electron chi connectivity index (χ4n) is 4.56. The van der Waals surface area contributed by atoms with Gasteiger partial charge in [0, 0.05) is 36.3 Å². The van der Waals surface area contributed by atoms with Crippen LogP contribution >= 0.6 is 0 Å². The second kappa shape index (κ2) is 11.2. The monoisotopic (exact) mass is 515 g/mol. The molecular formula is C27H28F3N3O4. The Bertz CT molecular complexity index is 1290. The summed E-state index contributed by atoms with van der Waals surface area (Å²) in [7, 11) is 1.61. The van der Waals surface area contributed by atoms with E-state index in [1.165, 1.54) is 30.4 Å². The van der Waals surface area contributed by atoms with E-state index in [-0.39, 0.29) is 5.91 Å². The number of pyridine rings is 1. The smallest absolute Gasteiger partial charge is 0.490 e. The number of benzene rings is 2. The van der Waals surface area contributed by atoms with Gasteiger partial charge >= 0.3 is 12.1 Å². The van der Waals surface area contributed by atoms with E-state index in [1.807, 2.05) is 30.3 Å². The van der Waals surface area contributed by atoms with Crippen molar-refractivity contribution in [2.75, 3.05) is 25.5 Å². The van der Waals surface area contributed by atoms with Crippen molar-refractivity contribution in [3.05, 3.63) is 65.4 Å². The molecule has 10 heteroatoms. The lowest BCUT2D eigenvalue weighted by atomic mass is 9.91. The van der Waals surface area contributed by atoms with Gasteiger partial charge in [0.05, 0.1) is 12.6 Å². The molecule has 37 heavy (non-hydrogen) atoms. The minimum atomic E-state index is -5.08. The van der Waals surface area contributed by atoms with Gasteiger partial charge in [0.15, 0.2) is 0 Å². The number of anilines is 1. The van der Waals surface area contributed by atoms with Crippen molar-refractivity contribution in [1.82, 2.24) is 9.88 Å². The summed E-state index contributed by atoms with van der Waals surface area (Å²) in [6.07, 6.45) is 1.11. The largest absolute Gasteiger partial charge is 0.496 e. The zero-order chi connectivity index (χ0) is 26.6. The van der Waals surface area contributed by atoms with Crippen LogP contribution in [0.3, 0.4) is 0 Å². The van der Waals surface area contributed by atoms with Crippen molar-refractivity contribution in [2.45, 2.75) is 44.3 Å². The number of carbonyl (C=O) groups is 2. The Balaban J connectivity index is 0.000000405. The third kappa shape index (κ3) is 6.37. The summed E-state index contributed by atoms with van der Waals surface area (Å²) in [5, 5.41) is 11.1. The zero-order valence-electron chi connectivity index (χ0n) is 20.3. The molecule has 0 saturated heterocycles. The number of aromatic nitrogens is 1. The molecule has 2 aromatic carbocycles. The number of carboxylic acids is 1. The fraction of sp³-hybridized carbons (Fsp3) is 0.370. The molecule has 1 fully saturated rings. The van der Waals surface area contributed by atoms with Crippen molar-refractivity contribution in [2.24, 2.45) is 0 Å². The Morgan fingerprint density at radius 2 is 1.73 bits per heavy atom. The molecule has 0 spiro atoms. The quantitative estimate of drug-likeness (QED) is 0.504. The standard InChI is InChI=1S/C25H27N3O2.C2HF3O2/c1-30-24-16-23(27-22-8-3-2-7-21(22)24)25(29)26-19-10-9-17-11-13-28(20-5-4-6-20)14-12-18(17)15-19;3-2(4,5)1(6)7/h2-3,7-10,15-16,20H,4-6,11-14H2,1H3,(H,26,29);(H,6,7). The molecule has 0 atom stereocenters. The van der Waals surface area contributed by atoms with Crippen LogP contribution in [-0.2, 0) is 17.6 Å². The summed E-state index contributed by atoms with van der Waals surface area (Å²) >= 11 is 0. The van der Waals surface area contributed by atoms with Gasteiger partial charge in [-0.05, 0) is 61.1 Å². The van der Waals surface area contributed by atoms with Crippen molar-refractivity contribution in [1.29, 1.82) is 0 Å². The second-order valence-electron chi connectivity index (χ2n) is 9.09. The van der Waals surface area contributed by atoms with Crippen LogP contribution in [0, 0.1) is 0 Å². The van der Waals surface area contributed by atoms with Gasteiger partial charge in [-0.3, -0.25) is 9.69 Å². The fourth-order valence-corrected chi connectivity index (χ4v) is 4.56. The molecule has 5 rings (SSSR count). The Kier molecular flexibility index (Phi) is 7.97. The molecule has 1 aliphatic carbocycles. The molecule has 1 aliphatic heterocycles. The molecule has 2 aliphatic rings. The highest BCUT2D eigenvalue weighted by atomic mass is 19.4. The van der Waals surface area contributed by atoms with Crippen LogP contribution in [0.25, 0.3) is 10.9 Å². The van der Waals surface area contributed by atoms with Gasteiger partial charge in [0.25, 0.3) is 5.91 Å². The van der Waals surface area contributed by atoms with Gasteiger partial charge in [0.1, 0.15) is 11.4 Å². The number of fused-ring (bicyclic) bond motifs is 2. The first kappa shape index (κ1) is 26.4. The van der Waals surface area contributed by atoms with Crippen LogP contribution in [0.15, 0.2) is 48.5 Å². The van der Waals surface area contributed by atoms with Gasteiger partial charge < -0.3 is 15.2 Å². The highest BCUT2D eigenvalue weighted by molar-refractivity contribution is 6.05. The van der Waals surface area contributed by atoms with E-state index in [2.05, 4.69) is 27.3 Å². The number of nitrogens with one attached hydrogen (secondary N) is 1. The van der Waals surface area contributed by atoms with E-state index in [0.717, 1.165) is 48.6 Å². The topological polar surface area (TPSA) is 91.8 Å². The lowest BCUT2D eigenvalue weighted by molar-refractivity contribution is -0.192. The van der Waals surface area contributed by atoms with Crippen LogP contribution in [-0.4, -0.2) is 59.3 Å². The number of nitrogens with zero attached hydrogens (tertiary/aromatic N) is 2. The minimum Gasteiger partial charge on any atom is -0.496 e. The number of carboxylic acid groups (broad SMARTS) is 1. The molecule has 0 bridgehead atoms. The van der Waals surface area contributed by atoms with Crippen LogP contribution in [0.5, 0.6) is 5.75 Å². The highest BCUT2D eigenvalue weighted by Crippen LogP contribution is 2.29. The number of methoxy groups -OCH3 is 1. The zero-order valence-corrected chi connectivity index (χ0v) is 20.3. The first-order valence-corrected chi connectivity index (χ1v) is 12.1. The molecule has 0 unspecified atom stereocenters. The van der Waals surface area contributed by atoms with Gasteiger partial charge in [-0.1, -0.05) is 24.6 Å². The van der Waals surface area contributed by atoms with Gasteiger partial charge in [0.2, 0.25) is 0 Å². The molecule has 1 saturated carbocycles. The van der Waals surface area contributed by atoms with E-state index in [4.69, 9.17) is 14.6 Å². The Morgan fingerprint density at radius 3 is 2.35 bits per heavy atom. The third-order valence-electron chi connectivity index (χ3n) is 6.77. The average molecular weight is 516 g/mol. The molecule has 7 nitrogen and oxygen atoms in total. The number of hydrogen-bond donors (Lipinski definition) is 2. The van der Waals surface area contributed by atoms with Crippen LogP contribution in [0.2, 0.25) is 0 Å². The molecule has 1 amide bonds. The summed E-state index contributed by atoms with van der Waals surface area (Å²) in [5.74, 6) is -2.32. The van der Waals surface area contributed by atoms with Crippen molar-refractivity contribution >= 4 is 28.5 Å². The van der Waals surface area contributed by atoms with Crippen molar-refractivity contribution in [3.8, 4) is 5.75 Å². The number of hydrogen-bond acceptors (Lipinski definition) is 5. The molecule has 0 radical (unpaired) electrons. The second-order valence-corrected chi connectivity index (χ2v) is 9.09. The molecule has 3 aromatic rings. The summed E-state index contributed by atoms with van der Waals surface area (Å²) in [5.41, 5.74) is 4.68. The first-order chi connectivity index (χ1) is 17.7. The summed E-state index contributed by atoms with van der Waals surface area (Å²) in [4.78, 5) is 29.0.